The number of nitrogens with zero attached hydrogens (tertiary/aromatic N) is 4. The Labute approximate surface area is 195 Å². The lowest BCUT2D eigenvalue weighted by atomic mass is 9.95. The zero-order chi connectivity index (χ0) is 25.2. The lowest BCUT2D eigenvalue weighted by Gasteiger charge is -2.20. The molecule has 0 saturated heterocycles. The van der Waals surface area contributed by atoms with Gasteiger partial charge in [-0.15, -0.1) is 5.10 Å². The number of aliphatic hydroxyl groups excluding tert-OH is 1. The van der Waals surface area contributed by atoms with Crippen molar-refractivity contribution in [2.75, 3.05) is 11.9 Å². The van der Waals surface area contributed by atoms with Gasteiger partial charge < -0.3 is 10.0 Å². The van der Waals surface area contributed by atoms with Gasteiger partial charge in [0.2, 0.25) is 0 Å². The van der Waals surface area contributed by atoms with Crippen molar-refractivity contribution in [2.24, 2.45) is 0 Å². The van der Waals surface area contributed by atoms with E-state index in [9.17, 15) is 23.5 Å². The number of aliphatic hydroxyl groups is 1. The highest BCUT2D eigenvalue weighted by Crippen LogP contribution is 2.30. The summed E-state index contributed by atoms with van der Waals surface area (Å²) in [7, 11) is 1.65. The monoisotopic (exact) mass is 468 g/mol. The van der Waals surface area contributed by atoms with Crippen LogP contribution in [0.1, 0.15) is 41.2 Å². The van der Waals surface area contributed by atoms with E-state index < -0.39 is 23.9 Å². The predicted octanol–water partition coefficient (Wildman–Crippen LogP) is 4.00. The molecule has 0 atom stereocenters. The molecule has 178 valence electrons. The lowest BCUT2D eigenvalue weighted by molar-refractivity contribution is 0.112. The molecular weight excluding hydrogens is 442 g/mol. The zero-order valence-electron chi connectivity index (χ0n) is 19.5. The summed E-state index contributed by atoms with van der Waals surface area (Å²) in [6.07, 6.45) is 2.09. The molecule has 0 spiro atoms. The molecule has 1 heterocycles. The fourth-order valence-corrected chi connectivity index (χ4v) is 3.66. The van der Waals surface area contributed by atoms with Crippen molar-refractivity contribution in [2.45, 2.75) is 33.9 Å². The maximum absolute atomic E-state index is 15.0. The highest BCUT2D eigenvalue weighted by atomic mass is 19.1. The van der Waals surface area contributed by atoms with Gasteiger partial charge in [-0.3, -0.25) is 9.36 Å². The molecule has 0 unspecified atom stereocenters. The summed E-state index contributed by atoms with van der Waals surface area (Å²) >= 11 is 0. The van der Waals surface area contributed by atoms with Gasteiger partial charge in [0, 0.05) is 30.9 Å². The van der Waals surface area contributed by atoms with Crippen molar-refractivity contribution < 1.29 is 18.7 Å². The van der Waals surface area contributed by atoms with Crippen LogP contribution < -0.4 is 10.6 Å². The molecule has 3 aromatic rings. The number of halogens is 2. The van der Waals surface area contributed by atoms with Crippen LogP contribution in [0.4, 0.5) is 14.5 Å². The highest BCUT2D eigenvalue weighted by Gasteiger charge is 2.20. The lowest BCUT2D eigenvalue weighted by Crippen LogP contribution is -2.24. The summed E-state index contributed by atoms with van der Waals surface area (Å²) in [4.78, 5) is 26.1. The molecule has 0 fully saturated rings. The minimum absolute atomic E-state index is 0.0268. The quantitative estimate of drug-likeness (QED) is 0.399. The predicted molar refractivity (Wildman–Crippen MR) is 127 cm³/mol. The second-order valence-corrected chi connectivity index (χ2v) is 7.91. The SMILES string of the molecule is C=C(C)/C(=C/N(C)c1cc(C)ccc1F)c1cc(-n2nc(CO)n(CC)c2=O)c(F)cc1C=O. The maximum Gasteiger partial charge on any atom is 0.350 e. The Bertz CT molecular complexity index is 1350. The van der Waals surface area contributed by atoms with Gasteiger partial charge in [-0.1, -0.05) is 12.6 Å². The summed E-state index contributed by atoms with van der Waals surface area (Å²) in [5.74, 6) is -1.19. The number of aldehydes is 1. The first kappa shape index (κ1) is 24.8. The first-order valence-electron chi connectivity index (χ1n) is 10.6. The van der Waals surface area contributed by atoms with Gasteiger partial charge >= 0.3 is 5.69 Å². The highest BCUT2D eigenvalue weighted by molar-refractivity contribution is 5.91. The van der Waals surface area contributed by atoms with Crippen molar-refractivity contribution in [3.8, 4) is 5.69 Å². The maximum atomic E-state index is 15.0. The fourth-order valence-electron chi connectivity index (χ4n) is 3.66. The van der Waals surface area contributed by atoms with Crippen molar-refractivity contribution >= 4 is 17.5 Å². The van der Waals surface area contributed by atoms with E-state index in [4.69, 9.17) is 0 Å². The van der Waals surface area contributed by atoms with Gasteiger partial charge in [0.15, 0.2) is 12.1 Å². The number of benzene rings is 2. The third-order valence-corrected chi connectivity index (χ3v) is 5.43. The molecule has 0 bridgehead atoms. The van der Waals surface area contributed by atoms with Crippen LogP contribution in [0.15, 0.2) is 53.5 Å². The summed E-state index contributed by atoms with van der Waals surface area (Å²) in [6, 6.07) is 7.03. The molecule has 9 heteroatoms. The summed E-state index contributed by atoms with van der Waals surface area (Å²) in [5, 5.41) is 13.6. The molecule has 1 aromatic heterocycles. The Hall–Kier alpha value is -3.85. The van der Waals surface area contributed by atoms with Crippen LogP contribution in [-0.2, 0) is 13.2 Å². The minimum atomic E-state index is -0.836. The van der Waals surface area contributed by atoms with Crippen molar-refractivity contribution in [3.05, 3.63) is 93.3 Å². The van der Waals surface area contributed by atoms with Gasteiger partial charge in [0.1, 0.15) is 23.9 Å². The van der Waals surface area contributed by atoms with Gasteiger partial charge in [0.25, 0.3) is 0 Å². The minimum Gasteiger partial charge on any atom is -0.388 e. The summed E-state index contributed by atoms with van der Waals surface area (Å²) < 4.78 is 31.5. The van der Waals surface area contributed by atoms with E-state index in [-0.39, 0.29) is 23.6 Å². The van der Waals surface area contributed by atoms with Gasteiger partial charge in [-0.05, 0) is 61.7 Å². The van der Waals surface area contributed by atoms with E-state index in [1.807, 2.05) is 6.92 Å². The van der Waals surface area contributed by atoms with Crippen LogP contribution in [0.2, 0.25) is 0 Å². The molecule has 1 N–H and O–H groups in total. The number of allylic oxidation sites excluding steroid dienone is 2. The number of rotatable bonds is 8. The molecular formula is C25H26F2N4O3. The van der Waals surface area contributed by atoms with Crippen LogP contribution in [0.5, 0.6) is 0 Å². The second-order valence-electron chi connectivity index (χ2n) is 7.91. The number of carbonyl (C=O) groups excluding carboxylic acids is 1. The van der Waals surface area contributed by atoms with Crippen molar-refractivity contribution in [1.82, 2.24) is 14.3 Å². The zero-order valence-corrected chi connectivity index (χ0v) is 19.5. The van der Waals surface area contributed by atoms with Gasteiger partial charge in [0.05, 0.1) is 5.69 Å². The largest absolute Gasteiger partial charge is 0.388 e. The average molecular weight is 469 g/mol. The first-order chi connectivity index (χ1) is 16.1. The molecule has 3 rings (SSSR count). The number of aryl methyl sites for hydroxylation is 1. The molecule has 0 aliphatic heterocycles. The summed E-state index contributed by atoms with van der Waals surface area (Å²) in [6.45, 7) is 8.94. The van der Waals surface area contributed by atoms with Crippen LogP contribution in [0.3, 0.4) is 0 Å². The molecule has 0 aliphatic carbocycles. The van der Waals surface area contributed by atoms with E-state index in [1.165, 1.54) is 16.7 Å². The van der Waals surface area contributed by atoms with Crippen molar-refractivity contribution in [1.29, 1.82) is 0 Å². The van der Waals surface area contributed by atoms with E-state index in [0.717, 1.165) is 16.3 Å². The number of aromatic nitrogens is 3. The van der Waals surface area contributed by atoms with Gasteiger partial charge in [-0.25, -0.2) is 13.6 Å². The number of hydrogen-bond donors (Lipinski definition) is 1. The molecule has 7 nitrogen and oxygen atoms in total. The standard InChI is InChI=1S/C25H26F2N4O3/c1-6-30-24(14-33)28-31(25(30)34)23-11-18(17(13-32)10-21(23)27)19(15(2)3)12-29(5)22-9-16(4)7-8-20(22)26/h7-13,33H,2,6,14H2,1,3-5H3/b19-12-. The van der Waals surface area contributed by atoms with E-state index in [1.54, 1.807) is 44.1 Å². The molecule has 34 heavy (non-hydrogen) atoms. The van der Waals surface area contributed by atoms with E-state index >= 15 is 0 Å². The topological polar surface area (TPSA) is 80.4 Å². The second kappa shape index (κ2) is 9.96. The molecule has 0 saturated carbocycles. The molecule has 2 aromatic carbocycles. The Morgan fingerprint density at radius 1 is 1.24 bits per heavy atom. The number of hydrogen-bond acceptors (Lipinski definition) is 5. The Kier molecular flexibility index (Phi) is 7.26. The molecule has 0 aliphatic rings. The Morgan fingerprint density at radius 2 is 1.94 bits per heavy atom. The van der Waals surface area contributed by atoms with Gasteiger partial charge in [-0.2, -0.15) is 4.68 Å². The Morgan fingerprint density at radius 3 is 2.50 bits per heavy atom. The van der Waals surface area contributed by atoms with E-state index in [0.29, 0.717) is 28.7 Å². The fraction of sp³-hybridized carbons (Fsp3) is 0.240. The Balaban J connectivity index is 2.24. The third kappa shape index (κ3) is 4.60. The molecule has 0 radical (unpaired) electrons. The van der Waals surface area contributed by atoms with Crippen LogP contribution in [0, 0.1) is 18.6 Å². The number of anilines is 1. The first-order valence-corrected chi connectivity index (χ1v) is 10.6. The smallest absolute Gasteiger partial charge is 0.350 e. The van der Waals surface area contributed by atoms with E-state index in [2.05, 4.69) is 11.7 Å². The number of carbonyl (C=O) groups is 1. The van der Waals surface area contributed by atoms with Crippen molar-refractivity contribution in [3.63, 3.8) is 0 Å². The van der Waals surface area contributed by atoms with Crippen LogP contribution in [0.25, 0.3) is 11.3 Å². The summed E-state index contributed by atoms with van der Waals surface area (Å²) in [5.41, 5.74) is 1.64. The average Bonchev–Trinajstić information content (AvgIpc) is 3.13. The van der Waals surface area contributed by atoms with Crippen LogP contribution >= 0.6 is 0 Å². The third-order valence-electron chi connectivity index (χ3n) is 5.43. The molecule has 0 amide bonds. The normalized spacial score (nSPS) is 11.6. The van der Waals surface area contributed by atoms with Crippen LogP contribution in [-0.4, -0.2) is 32.8 Å².